The van der Waals surface area contributed by atoms with Gasteiger partial charge in [-0.15, -0.1) is 0 Å². The Morgan fingerprint density at radius 3 is 2.05 bits per heavy atom. The van der Waals surface area contributed by atoms with Crippen LogP contribution in [0.25, 0.3) is 0 Å². The Labute approximate surface area is 120 Å². The van der Waals surface area contributed by atoms with E-state index in [0.717, 1.165) is 12.8 Å². The van der Waals surface area contributed by atoms with E-state index < -0.39 is 0 Å². The van der Waals surface area contributed by atoms with Crippen molar-refractivity contribution in [3.8, 4) is 5.75 Å². The van der Waals surface area contributed by atoms with Crippen LogP contribution in [0.15, 0.2) is 48.5 Å². The highest BCUT2D eigenvalue weighted by Gasteiger charge is 2.15. The van der Waals surface area contributed by atoms with Crippen LogP contribution in [-0.2, 0) is 0 Å². The van der Waals surface area contributed by atoms with E-state index in [1.165, 1.54) is 23.3 Å². The van der Waals surface area contributed by atoms with E-state index in [2.05, 4.69) is 13.8 Å². The molecule has 2 atom stereocenters. The van der Waals surface area contributed by atoms with Gasteiger partial charge in [-0.25, -0.2) is 4.39 Å². The van der Waals surface area contributed by atoms with Gasteiger partial charge in [-0.3, -0.25) is 0 Å². The predicted octanol–water partition coefficient (Wildman–Crippen LogP) is 5.22. The molecular formula is C18H21FO. The zero-order valence-electron chi connectivity index (χ0n) is 12.0. The van der Waals surface area contributed by atoms with Crippen LogP contribution in [0.2, 0.25) is 0 Å². The summed E-state index contributed by atoms with van der Waals surface area (Å²) in [5.41, 5.74) is 2.42. The van der Waals surface area contributed by atoms with Crippen LogP contribution in [0, 0.1) is 5.82 Å². The standard InChI is InChI=1S/C18H21FO/c1-3-14(16-4-8-17(19)9-5-16)12-13(2)15-6-10-18(20)11-7-15/h4-11,13-14,20H,3,12H2,1-2H3. The molecule has 1 nitrogen and oxygen atoms in total. The maximum Gasteiger partial charge on any atom is 0.123 e. The second kappa shape index (κ2) is 6.56. The molecule has 2 aromatic rings. The van der Waals surface area contributed by atoms with E-state index in [1.54, 1.807) is 12.1 Å². The normalized spacial score (nSPS) is 13.9. The van der Waals surface area contributed by atoms with Crippen molar-refractivity contribution in [3.63, 3.8) is 0 Å². The van der Waals surface area contributed by atoms with Crippen LogP contribution in [0.4, 0.5) is 4.39 Å². The fourth-order valence-electron chi connectivity index (χ4n) is 2.64. The maximum atomic E-state index is 13.0. The van der Waals surface area contributed by atoms with Crippen LogP contribution in [0.1, 0.15) is 49.7 Å². The molecule has 0 fully saturated rings. The van der Waals surface area contributed by atoms with E-state index in [9.17, 15) is 9.50 Å². The van der Waals surface area contributed by atoms with Gasteiger partial charge in [0.2, 0.25) is 0 Å². The third-order valence-electron chi connectivity index (χ3n) is 3.93. The molecule has 0 spiro atoms. The monoisotopic (exact) mass is 272 g/mol. The Morgan fingerprint density at radius 2 is 1.50 bits per heavy atom. The molecular weight excluding hydrogens is 251 g/mol. The van der Waals surface area contributed by atoms with Crippen LogP contribution in [0.5, 0.6) is 5.75 Å². The van der Waals surface area contributed by atoms with Crippen molar-refractivity contribution in [2.75, 3.05) is 0 Å². The number of hydrogen-bond acceptors (Lipinski definition) is 1. The number of hydrogen-bond donors (Lipinski definition) is 1. The van der Waals surface area contributed by atoms with Gasteiger partial charge in [0.1, 0.15) is 11.6 Å². The van der Waals surface area contributed by atoms with E-state index in [4.69, 9.17) is 0 Å². The number of rotatable bonds is 5. The number of aromatic hydroxyl groups is 1. The predicted molar refractivity (Wildman–Crippen MR) is 80.6 cm³/mol. The molecule has 2 unspecified atom stereocenters. The lowest BCUT2D eigenvalue weighted by atomic mass is 9.84. The second-order valence-corrected chi connectivity index (χ2v) is 5.39. The Bertz CT molecular complexity index is 530. The van der Waals surface area contributed by atoms with Crippen molar-refractivity contribution in [1.82, 2.24) is 0 Å². The van der Waals surface area contributed by atoms with Gasteiger partial charge in [0.15, 0.2) is 0 Å². The second-order valence-electron chi connectivity index (χ2n) is 5.39. The lowest BCUT2D eigenvalue weighted by molar-refractivity contribution is 0.474. The van der Waals surface area contributed by atoms with E-state index in [0.29, 0.717) is 17.6 Å². The topological polar surface area (TPSA) is 20.2 Å². The van der Waals surface area contributed by atoms with Gasteiger partial charge in [-0.2, -0.15) is 0 Å². The Hall–Kier alpha value is -1.83. The average Bonchev–Trinajstić information content (AvgIpc) is 2.46. The molecule has 0 aromatic heterocycles. The quantitative estimate of drug-likeness (QED) is 0.791. The third kappa shape index (κ3) is 3.60. The largest absolute Gasteiger partial charge is 0.508 e. The first kappa shape index (κ1) is 14.6. The fourth-order valence-corrected chi connectivity index (χ4v) is 2.64. The molecule has 0 saturated heterocycles. The van der Waals surface area contributed by atoms with Gasteiger partial charge in [0, 0.05) is 0 Å². The number of halogens is 1. The SMILES string of the molecule is CCC(CC(C)c1ccc(O)cc1)c1ccc(F)cc1. The van der Waals surface area contributed by atoms with Gasteiger partial charge in [0.25, 0.3) is 0 Å². The van der Waals surface area contributed by atoms with Gasteiger partial charge in [-0.05, 0) is 60.1 Å². The molecule has 0 saturated carbocycles. The molecule has 0 aliphatic carbocycles. The molecule has 0 radical (unpaired) electrons. The Kier molecular flexibility index (Phi) is 4.78. The molecule has 106 valence electrons. The van der Waals surface area contributed by atoms with Crippen molar-refractivity contribution in [2.45, 2.75) is 38.5 Å². The highest BCUT2D eigenvalue weighted by molar-refractivity contribution is 5.29. The molecule has 2 aromatic carbocycles. The minimum absolute atomic E-state index is 0.185. The van der Waals surface area contributed by atoms with Gasteiger partial charge < -0.3 is 5.11 Å². The smallest absolute Gasteiger partial charge is 0.123 e. The molecule has 0 aliphatic rings. The van der Waals surface area contributed by atoms with Crippen LogP contribution < -0.4 is 0 Å². The molecule has 20 heavy (non-hydrogen) atoms. The first-order chi connectivity index (χ1) is 9.60. The lowest BCUT2D eigenvalue weighted by Gasteiger charge is -2.20. The highest BCUT2D eigenvalue weighted by Crippen LogP contribution is 2.32. The first-order valence-corrected chi connectivity index (χ1v) is 7.14. The van der Waals surface area contributed by atoms with Crippen molar-refractivity contribution in [2.24, 2.45) is 0 Å². The minimum atomic E-state index is -0.185. The number of phenolic OH excluding ortho intramolecular Hbond substituents is 1. The van der Waals surface area contributed by atoms with Gasteiger partial charge in [-0.1, -0.05) is 38.1 Å². The summed E-state index contributed by atoms with van der Waals surface area (Å²) in [6.07, 6.45) is 2.06. The summed E-state index contributed by atoms with van der Waals surface area (Å²) in [6.45, 7) is 4.36. The zero-order valence-corrected chi connectivity index (χ0v) is 12.0. The lowest BCUT2D eigenvalue weighted by Crippen LogP contribution is -2.03. The average molecular weight is 272 g/mol. The van der Waals surface area contributed by atoms with E-state index in [1.807, 2.05) is 24.3 Å². The fraction of sp³-hybridized carbons (Fsp3) is 0.333. The van der Waals surface area contributed by atoms with Crippen LogP contribution in [-0.4, -0.2) is 5.11 Å². The first-order valence-electron chi connectivity index (χ1n) is 7.14. The highest BCUT2D eigenvalue weighted by atomic mass is 19.1. The van der Waals surface area contributed by atoms with E-state index in [-0.39, 0.29) is 5.82 Å². The summed E-state index contributed by atoms with van der Waals surface area (Å²) in [5.74, 6) is 0.951. The summed E-state index contributed by atoms with van der Waals surface area (Å²) in [4.78, 5) is 0. The Morgan fingerprint density at radius 1 is 0.950 bits per heavy atom. The minimum Gasteiger partial charge on any atom is -0.508 e. The van der Waals surface area contributed by atoms with Gasteiger partial charge >= 0.3 is 0 Å². The van der Waals surface area contributed by atoms with Gasteiger partial charge in [0.05, 0.1) is 0 Å². The molecule has 0 amide bonds. The summed E-state index contributed by atoms with van der Waals surface area (Å²) in [6, 6.07) is 14.2. The third-order valence-corrected chi connectivity index (χ3v) is 3.93. The molecule has 2 heteroatoms. The van der Waals surface area contributed by atoms with Crippen molar-refractivity contribution in [1.29, 1.82) is 0 Å². The van der Waals surface area contributed by atoms with Crippen LogP contribution in [0.3, 0.4) is 0 Å². The Balaban J connectivity index is 2.09. The molecule has 2 rings (SSSR count). The molecule has 0 aliphatic heterocycles. The molecule has 0 heterocycles. The van der Waals surface area contributed by atoms with Crippen molar-refractivity contribution in [3.05, 3.63) is 65.5 Å². The maximum absolute atomic E-state index is 13.0. The van der Waals surface area contributed by atoms with Crippen LogP contribution >= 0.6 is 0 Å². The van der Waals surface area contributed by atoms with E-state index >= 15 is 0 Å². The zero-order chi connectivity index (χ0) is 14.5. The molecule has 0 bridgehead atoms. The summed E-state index contributed by atoms with van der Waals surface area (Å²) < 4.78 is 13.0. The molecule has 1 N–H and O–H groups in total. The summed E-state index contributed by atoms with van der Waals surface area (Å²) >= 11 is 0. The van der Waals surface area contributed by atoms with Crippen molar-refractivity contribution < 1.29 is 9.50 Å². The summed E-state index contributed by atoms with van der Waals surface area (Å²) in [7, 11) is 0. The number of phenols is 1. The summed E-state index contributed by atoms with van der Waals surface area (Å²) in [5, 5.41) is 9.33. The number of benzene rings is 2. The van der Waals surface area contributed by atoms with Crippen molar-refractivity contribution >= 4 is 0 Å².